The first kappa shape index (κ1) is 24.2. The van der Waals surface area contributed by atoms with Crippen LogP contribution in [0.25, 0.3) is 59.8 Å². The Morgan fingerprint density at radius 2 is 1.10 bits per heavy atom. The lowest BCUT2D eigenvalue weighted by Gasteiger charge is -2.26. The van der Waals surface area contributed by atoms with Gasteiger partial charge in [-0.05, 0) is 67.2 Å². The van der Waals surface area contributed by atoms with Gasteiger partial charge in [-0.1, -0.05) is 96.6 Å². The number of rotatable bonds is 2. The molecule has 0 aliphatic heterocycles. The van der Waals surface area contributed by atoms with E-state index in [1.807, 2.05) is 55.5 Å². The minimum atomic E-state index is -1.76. The van der Waals surface area contributed by atoms with E-state index in [-0.39, 0.29) is 5.57 Å². The zero-order valence-corrected chi connectivity index (χ0v) is 21.7. The van der Waals surface area contributed by atoms with Crippen LogP contribution < -0.4 is 0 Å². The summed E-state index contributed by atoms with van der Waals surface area (Å²) in [6.07, 6.45) is -3.51. The van der Waals surface area contributed by atoms with Gasteiger partial charge in [-0.15, -0.1) is 0 Å². The molecule has 0 fully saturated rings. The number of hydrogen-bond donors (Lipinski definition) is 4. The molecule has 0 saturated carbocycles. The summed E-state index contributed by atoms with van der Waals surface area (Å²) in [7, 11) is 0. The van der Waals surface area contributed by atoms with Gasteiger partial charge >= 0.3 is 5.76 Å². The molecule has 6 aromatic carbocycles. The predicted molar refractivity (Wildman–Crippen MR) is 161 cm³/mol. The van der Waals surface area contributed by atoms with E-state index in [9.17, 15) is 20.4 Å². The number of benzene rings is 6. The van der Waals surface area contributed by atoms with Crippen LogP contribution >= 0.6 is 0 Å². The fourth-order valence-corrected chi connectivity index (χ4v) is 6.22. The van der Waals surface area contributed by atoms with Gasteiger partial charge in [-0.25, -0.2) is 0 Å². The minimum Gasteiger partial charge on any atom is -0.590 e. The van der Waals surface area contributed by atoms with Crippen molar-refractivity contribution in [3.05, 3.63) is 125 Å². The zero-order chi connectivity index (χ0) is 27.7. The van der Waals surface area contributed by atoms with E-state index in [0.717, 1.165) is 54.4 Å². The molecule has 0 amide bonds. The molecule has 6 aromatic rings. The van der Waals surface area contributed by atoms with Crippen molar-refractivity contribution in [2.24, 2.45) is 0 Å². The van der Waals surface area contributed by atoms with E-state index in [0.29, 0.717) is 5.56 Å². The van der Waals surface area contributed by atoms with Gasteiger partial charge in [0.15, 0.2) is 6.10 Å². The van der Waals surface area contributed by atoms with Crippen molar-refractivity contribution in [2.75, 3.05) is 0 Å². The van der Waals surface area contributed by atoms with Crippen molar-refractivity contribution in [2.45, 2.75) is 19.1 Å². The van der Waals surface area contributed by atoms with Gasteiger partial charge in [0, 0.05) is 5.56 Å². The molecule has 2 unspecified atom stereocenters. The SMILES string of the molecule is Cc1ccc2c(C3=C(O)C(O)C(O)C(O)=C3[OH2+])c3ccccc3c(-c3cc4ccccc4c4ccccc34)c2c1. The highest BCUT2D eigenvalue weighted by Gasteiger charge is 2.41. The standard InChI is InChI=1S/C35H26O5/c1-18-14-15-25-26(16-18)28(27-17-19-8-2-3-9-20(19)21-10-4-5-11-22(21)27)23-12-6-7-13-24(23)29(25)30-31(36)33(38)35(40)34(39)32(30)37/h2-17,33,35-40H,1H3/p+1. The van der Waals surface area contributed by atoms with Gasteiger partial charge in [-0.3, -0.25) is 0 Å². The molecule has 1 aliphatic carbocycles. The van der Waals surface area contributed by atoms with E-state index >= 15 is 0 Å². The second-order valence-electron chi connectivity index (χ2n) is 10.4. The van der Waals surface area contributed by atoms with Crippen LogP contribution in [0.2, 0.25) is 0 Å². The van der Waals surface area contributed by atoms with Crippen molar-refractivity contribution >= 4 is 48.7 Å². The molecule has 2 atom stereocenters. The van der Waals surface area contributed by atoms with E-state index < -0.39 is 29.5 Å². The number of aliphatic hydroxyl groups excluding tert-OH is 4. The minimum absolute atomic E-state index is 0.00951. The smallest absolute Gasteiger partial charge is 0.306 e. The van der Waals surface area contributed by atoms with Gasteiger partial charge in [0.1, 0.15) is 17.4 Å². The van der Waals surface area contributed by atoms with Crippen molar-refractivity contribution in [1.29, 1.82) is 0 Å². The predicted octanol–water partition coefficient (Wildman–Crippen LogP) is 6.77. The highest BCUT2D eigenvalue weighted by Crippen LogP contribution is 2.48. The summed E-state index contributed by atoms with van der Waals surface area (Å²) in [5.74, 6) is -1.62. The molecule has 6 N–H and O–H groups in total. The van der Waals surface area contributed by atoms with Crippen LogP contribution in [0, 0.1) is 6.92 Å². The molecule has 0 spiro atoms. The summed E-state index contributed by atoms with van der Waals surface area (Å²) < 4.78 is 0. The maximum absolute atomic E-state index is 11.1. The molecule has 0 radical (unpaired) electrons. The Labute approximate surface area is 229 Å². The van der Waals surface area contributed by atoms with Crippen molar-refractivity contribution in [1.82, 2.24) is 0 Å². The average Bonchev–Trinajstić information content (AvgIpc) is 2.98. The summed E-state index contributed by atoms with van der Waals surface area (Å²) in [5, 5.41) is 59.0. The lowest BCUT2D eigenvalue weighted by atomic mass is 9.81. The summed E-state index contributed by atoms with van der Waals surface area (Å²) in [4.78, 5) is 0. The number of fused-ring (bicyclic) bond motifs is 5. The van der Waals surface area contributed by atoms with Gasteiger partial charge in [0.05, 0.1) is 0 Å². The molecule has 5 heteroatoms. The Morgan fingerprint density at radius 3 is 1.82 bits per heavy atom. The van der Waals surface area contributed by atoms with Crippen LogP contribution in [-0.4, -0.2) is 37.7 Å². The van der Waals surface area contributed by atoms with Crippen molar-refractivity contribution < 1.29 is 25.5 Å². The Bertz CT molecular complexity index is 2090. The fourth-order valence-electron chi connectivity index (χ4n) is 6.22. The lowest BCUT2D eigenvalue weighted by molar-refractivity contribution is 0.00949. The molecule has 0 saturated heterocycles. The Morgan fingerprint density at radius 1 is 0.550 bits per heavy atom. The average molecular weight is 528 g/mol. The zero-order valence-electron chi connectivity index (χ0n) is 21.7. The third-order valence-electron chi connectivity index (χ3n) is 8.09. The van der Waals surface area contributed by atoms with Gasteiger partial charge in [0.2, 0.25) is 5.76 Å². The maximum Gasteiger partial charge on any atom is 0.306 e. The molecule has 0 bridgehead atoms. The van der Waals surface area contributed by atoms with E-state index in [2.05, 4.69) is 48.5 Å². The second kappa shape index (κ2) is 8.85. The molecule has 5 nitrogen and oxygen atoms in total. The highest BCUT2D eigenvalue weighted by atomic mass is 16.4. The van der Waals surface area contributed by atoms with E-state index in [1.165, 1.54) is 5.39 Å². The molecule has 40 heavy (non-hydrogen) atoms. The third-order valence-corrected chi connectivity index (χ3v) is 8.09. The highest BCUT2D eigenvalue weighted by molar-refractivity contribution is 6.24. The number of aryl methyl sites for hydroxylation is 1. The molecule has 196 valence electrons. The number of hydrogen-bond acceptors (Lipinski definition) is 4. The molecule has 0 aromatic heterocycles. The van der Waals surface area contributed by atoms with Crippen LogP contribution in [0.5, 0.6) is 0 Å². The second-order valence-corrected chi connectivity index (χ2v) is 10.4. The Hall–Kier alpha value is -4.84. The summed E-state index contributed by atoms with van der Waals surface area (Å²) in [6.45, 7) is 2.02. The first-order chi connectivity index (χ1) is 19.4. The first-order valence-corrected chi connectivity index (χ1v) is 13.2. The van der Waals surface area contributed by atoms with E-state index in [4.69, 9.17) is 5.11 Å². The van der Waals surface area contributed by atoms with Gasteiger partial charge in [0.25, 0.3) is 0 Å². The van der Waals surface area contributed by atoms with Crippen LogP contribution in [0.4, 0.5) is 0 Å². The van der Waals surface area contributed by atoms with Crippen LogP contribution in [-0.2, 0) is 0 Å². The van der Waals surface area contributed by atoms with Crippen molar-refractivity contribution in [3.8, 4) is 11.1 Å². The maximum atomic E-state index is 11.1. The van der Waals surface area contributed by atoms with Gasteiger partial charge in [-0.2, -0.15) is 0 Å². The normalized spacial score (nSPS) is 18.0. The summed E-state index contributed by atoms with van der Waals surface area (Å²) >= 11 is 0. The third kappa shape index (κ3) is 3.35. The monoisotopic (exact) mass is 527 g/mol. The van der Waals surface area contributed by atoms with Crippen LogP contribution in [0.1, 0.15) is 11.1 Å². The summed E-state index contributed by atoms with van der Waals surface area (Å²) in [6, 6.07) is 32.8. The van der Waals surface area contributed by atoms with Gasteiger partial charge < -0.3 is 25.5 Å². The fraction of sp³-hybridized carbons (Fsp3) is 0.0857. The largest absolute Gasteiger partial charge is 0.590 e. The topological polar surface area (TPSA) is 104 Å². The Balaban J connectivity index is 1.71. The van der Waals surface area contributed by atoms with Crippen LogP contribution in [0.15, 0.2) is 114 Å². The van der Waals surface area contributed by atoms with Crippen LogP contribution in [0.3, 0.4) is 0 Å². The molecule has 1 aliphatic rings. The number of aliphatic hydroxyl groups is 4. The number of allylic oxidation sites excluding steroid dienone is 1. The lowest BCUT2D eigenvalue weighted by Crippen LogP contribution is -2.34. The summed E-state index contributed by atoms with van der Waals surface area (Å²) in [5.41, 5.74) is 3.67. The van der Waals surface area contributed by atoms with E-state index in [1.54, 1.807) is 0 Å². The molecule has 0 heterocycles. The quantitative estimate of drug-likeness (QED) is 0.113. The first-order valence-electron chi connectivity index (χ1n) is 13.2. The molecular formula is C35H27O5+. The molecule has 7 rings (SSSR count). The molecular weight excluding hydrogens is 500 g/mol. The van der Waals surface area contributed by atoms with Crippen molar-refractivity contribution in [3.63, 3.8) is 0 Å². The Kier molecular flexibility index (Phi) is 5.36.